The van der Waals surface area contributed by atoms with E-state index in [0.717, 1.165) is 48.1 Å². The van der Waals surface area contributed by atoms with E-state index in [4.69, 9.17) is 5.10 Å². The predicted molar refractivity (Wildman–Crippen MR) is 164 cm³/mol. The molecule has 4 aliphatic rings. The summed E-state index contributed by atoms with van der Waals surface area (Å²) in [4.78, 5) is 67.3. The number of fused-ring (bicyclic) bond motifs is 1. The molecule has 5 amide bonds. The molecule has 45 heavy (non-hydrogen) atoms. The third-order valence-electron chi connectivity index (χ3n) is 10.5. The lowest BCUT2D eigenvalue weighted by atomic mass is 9.69. The van der Waals surface area contributed by atoms with Crippen molar-refractivity contribution in [3.8, 4) is 0 Å². The molecular formula is C35H37N5O5. The summed E-state index contributed by atoms with van der Waals surface area (Å²) in [6.07, 6.45) is 9.83. The van der Waals surface area contributed by atoms with E-state index in [-0.39, 0.29) is 35.3 Å². The second-order valence-electron chi connectivity index (χ2n) is 13.2. The van der Waals surface area contributed by atoms with Gasteiger partial charge in [-0.25, -0.2) is 0 Å². The number of piperidine rings is 2. The van der Waals surface area contributed by atoms with Crippen LogP contribution in [0.5, 0.6) is 0 Å². The topological polar surface area (TPSA) is 122 Å². The summed E-state index contributed by atoms with van der Waals surface area (Å²) in [6.45, 7) is 3.44. The van der Waals surface area contributed by atoms with Gasteiger partial charge in [0.1, 0.15) is 6.04 Å². The molecule has 3 fully saturated rings. The Morgan fingerprint density at radius 3 is 2.38 bits per heavy atom. The van der Waals surface area contributed by atoms with Crippen molar-refractivity contribution in [1.82, 2.24) is 24.9 Å². The van der Waals surface area contributed by atoms with Crippen LogP contribution >= 0.6 is 0 Å². The number of hydrogen-bond donors (Lipinski definition) is 1. The summed E-state index contributed by atoms with van der Waals surface area (Å²) < 4.78 is 2.05. The molecule has 1 N–H and O–H groups in total. The highest BCUT2D eigenvalue weighted by molar-refractivity contribution is 6.24. The second-order valence-corrected chi connectivity index (χ2v) is 13.2. The van der Waals surface area contributed by atoms with Crippen LogP contribution in [0.25, 0.3) is 0 Å². The molecule has 7 rings (SSSR count). The Balaban J connectivity index is 1.10. The highest BCUT2D eigenvalue weighted by Gasteiger charge is 2.47. The standard InChI is InChI=1S/C35H37N5O5/c1-34(15-6-16-34)33(45)38-19-17-35(18-20-38,25-8-3-2-4-9-25)39-22-23(21-36-39)11-12-24-7-5-10-26-29(24)32(44)40(31(26)43)27-13-14-28(41)37-30(27)42/h2-5,7-10,21-22,27H,6,11-20H2,1H3,(H,37,41,42). The van der Waals surface area contributed by atoms with Gasteiger partial charge in [0.05, 0.1) is 22.9 Å². The summed E-state index contributed by atoms with van der Waals surface area (Å²) in [6, 6.07) is 14.6. The number of hydrogen-bond acceptors (Lipinski definition) is 6. The molecule has 10 nitrogen and oxygen atoms in total. The maximum Gasteiger partial charge on any atom is 0.262 e. The van der Waals surface area contributed by atoms with Gasteiger partial charge in [-0.05, 0) is 67.7 Å². The quantitative estimate of drug-likeness (QED) is 0.410. The first-order chi connectivity index (χ1) is 21.7. The number of amides is 5. The fraction of sp³-hybridized carbons (Fsp3) is 0.429. The highest BCUT2D eigenvalue weighted by Crippen LogP contribution is 2.44. The third-order valence-corrected chi connectivity index (χ3v) is 10.5. The van der Waals surface area contributed by atoms with E-state index in [2.05, 4.69) is 35.3 Å². The lowest BCUT2D eigenvalue weighted by Crippen LogP contribution is -2.54. The van der Waals surface area contributed by atoms with Crippen molar-refractivity contribution in [2.75, 3.05) is 13.1 Å². The average molecular weight is 608 g/mol. The van der Waals surface area contributed by atoms with Crippen molar-refractivity contribution in [3.63, 3.8) is 0 Å². The molecule has 3 aliphatic heterocycles. The first kappa shape index (κ1) is 29.1. The van der Waals surface area contributed by atoms with Crippen molar-refractivity contribution in [1.29, 1.82) is 0 Å². The smallest absolute Gasteiger partial charge is 0.262 e. The fourth-order valence-corrected chi connectivity index (χ4v) is 7.58. The number of nitrogens with one attached hydrogen (secondary N) is 1. The van der Waals surface area contributed by atoms with E-state index in [0.29, 0.717) is 31.5 Å². The molecule has 0 bridgehead atoms. The summed E-state index contributed by atoms with van der Waals surface area (Å²) in [5.74, 6) is -1.73. The zero-order valence-corrected chi connectivity index (χ0v) is 25.5. The number of aromatic nitrogens is 2. The highest BCUT2D eigenvalue weighted by atomic mass is 16.2. The molecule has 0 radical (unpaired) electrons. The fourth-order valence-electron chi connectivity index (χ4n) is 7.58. The average Bonchev–Trinajstić information content (AvgIpc) is 3.62. The van der Waals surface area contributed by atoms with Gasteiger partial charge in [-0.2, -0.15) is 5.10 Å². The molecule has 1 unspecified atom stereocenters. The number of imide groups is 2. The van der Waals surface area contributed by atoms with Crippen LogP contribution in [0.15, 0.2) is 60.9 Å². The SMILES string of the molecule is CC1(C(=O)N2CCC(c3ccccc3)(n3cc(CCc4cccc5c4C(=O)N(C4CCC(=O)NC4=O)C5=O)cn3)CC2)CCC1. The minimum Gasteiger partial charge on any atom is -0.342 e. The normalized spacial score (nSPS) is 22.2. The first-order valence-electron chi connectivity index (χ1n) is 15.9. The molecule has 1 saturated carbocycles. The largest absolute Gasteiger partial charge is 0.342 e. The van der Waals surface area contributed by atoms with Gasteiger partial charge in [0, 0.05) is 31.1 Å². The van der Waals surface area contributed by atoms with Gasteiger partial charge < -0.3 is 4.90 Å². The summed E-state index contributed by atoms with van der Waals surface area (Å²) in [7, 11) is 0. The van der Waals surface area contributed by atoms with Crippen LogP contribution in [0.4, 0.5) is 0 Å². The van der Waals surface area contributed by atoms with Crippen LogP contribution in [-0.2, 0) is 32.8 Å². The molecule has 4 heterocycles. The number of benzene rings is 2. The van der Waals surface area contributed by atoms with E-state index in [1.807, 2.05) is 35.4 Å². The Morgan fingerprint density at radius 2 is 1.69 bits per heavy atom. The minimum atomic E-state index is -0.992. The Bertz CT molecular complexity index is 1700. The van der Waals surface area contributed by atoms with E-state index in [9.17, 15) is 24.0 Å². The van der Waals surface area contributed by atoms with Crippen LogP contribution in [-0.4, -0.2) is 68.2 Å². The van der Waals surface area contributed by atoms with Crippen LogP contribution in [0.3, 0.4) is 0 Å². The van der Waals surface area contributed by atoms with E-state index < -0.39 is 29.7 Å². The van der Waals surface area contributed by atoms with Crippen molar-refractivity contribution in [2.45, 2.75) is 76.3 Å². The molecule has 232 valence electrons. The van der Waals surface area contributed by atoms with Crippen LogP contribution in [0.2, 0.25) is 0 Å². The monoisotopic (exact) mass is 607 g/mol. The van der Waals surface area contributed by atoms with Crippen molar-refractivity contribution in [3.05, 3.63) is 88.7 Å². The van der Waals surface area contributed by atoms with Crippen molar-refractivity contribution in [2.24, 2.45) is 5.41 Å². The summed E-state index contributed by atoms with van der Waals surface area (Å²) in [5, 5.41) is 7.09. The maximum atomic E-state index is 13.5. The van der Waals surface area contributed by atoms with Gasteiger partial charge in [-0.15, -0.1) is 0 Å². The van der Waals surface area contributed by atoms with Gasteiger partial charge in [-0.3, -0.25) is 38.9 Å². The summed E-state index contributed by atoms with van der Waals surface area (Å²) in [5.41, 5.74) is 2.93. The van der Waals surface area contributed by atoms with Crippen LogP contribution in [0.1, 0.15) is 89.3 Å². The van der Waals surface area contributed by atoms with Crippen LogP contribution in [0, 0.1) is 5.41 Å². The maximum absolute atomic E-state index is 13.5. The van der Waals surface area contributed by atoms with E-state index in [1.165, 1.54) is 5.56 Å². The predicted octanol–water partition coefficient (Wildman–Crippen LogP) is 3.63. The van der Waals surface area contributed by atoms with Gasteiger partial charge in [0.25, 0.3) is 11.8 Å². The minimum absolute atomic E-state index is 0.0822. The molecular weight excluding hydrogens is 570 g/mol. The molecule has 1 aromatic heterocycles. The van der Waals surface area contributed by atoms with E-state index in [1.54, 1.807) is 12.1 Å². The molecule has 0 spiro atoms. The lowest BCUT2D eigenvalue weighted by molar-refractivity contribution is -0.148. The van der Waals surface area contributed by atoms with Crippen LogP contribution < -0.4 is 5.32 Å². The molecule has 2 saturated heterocycles. The number of likely N-dealkylation sites (tertiary alicyclic amines) is 1. The number of carbonyl (C=O) groups excluding carboxylic acids is 5. The Kier molecular flexibility index (Phi) is 7.17. The number of nitrogens with zero attached hydrogens (tertiary/aromatic N) is 4. The van der Waals surface area contributed by atoms with Crippen molar-refractivity contribution >= 4 is 29.5 Å². The molecule has 2 aromatic carbocycles. The first-order valence-corrected chi connectivity index (χ1v) is 15.9. The van der Waals surface area contributed by atoms with Crippen molar-refractivity contribution < 1.29 is 24.0 Å². The van der Waals surface area contributed by atoms with Gasteiger partial charge >= 0.3 is 0 Å². The zero-order valence-electron chi connectivity index (χ0n) is 25.5. The molecule has 10 heteroatoms. The number of rotatable bonds is 7. The second kappa shape index (κ2) is 11.1. The lowest BCUT2D eigenvalue weighted by Gasteiger charge is -2.46. The third kappa shape index (κ3) is 4.87. The molecule has 1 atom stereocenters. The Hall–Kier alpha value is -4.60. The Labute approximate surface area is 261 Å². The Morgan fingerprint density at radius 1 is 0.933 bits per heavy atom. The van der Waals surface area contributed by atoms with Gasteiger partial charge in [0.15, 0.2) is 0 Å². The molecule has 3 aromatic rings. The zero-order chi connectivity index (χ0) is 31.3. The molecule has 1 aliphatic carbocycles. The van der Waals surface area contributed by atoms with Gasteiger partial charge in [-0.1, -0.05) is 55.8 Å². The van der Waals surface area contributed by atoms with E-state index >= 15 is 0 Å². The summed E-state index contributed by atoms with van der Waals surface area (Å²) >= 11 is 0. The number of aryl methyl sites for hydroxylation is 2. The number of carbonyl (C=O) groups is 5. The van der Waals surface area contributed by atoms with Gasteiger partial charge in [0.2, 0.25) is 17.7 Å².